The van der Waals surface area contributed by atoms with E-state index in [1.54, 1.807) is 12.1 Å². The van der Waals surface area contributed by atoms with Crippen LogP contribution in [0.2, 0.25) is 0 Å². The maximum Gasteiger partial charge on any atom is 0.238 e. The number of carbonyl (C=O) groups excluding carboxylic acids is 1. The summed E-state index contributed by atoms with van der Waals surface area (Å²) in [5.74, 6) is 0.225. The number of hydrogen-bond donors (Lipinski definition) is 2. The SMILES string of the molecule is O=C(CNCC1CC=CCC1)Nc1ccc(F)cc1. The Morgan fingerprint density at radius 3 is 2.74 bits per heavy atom. The first kappa shape index (κ1) is 13.7. The van der Waals surface area contributed by atoms with Gasteiger partial charge in [0.1, 0.15) is 5.82 Å². The van der Waals surface area contributed by atoms with E-state index >= 15 is 0 Å². The molecule has 1 aliphatic carbocycles. The molecule has 0 heterocycles. The molecule has 2 N–H and O–H groups in total. The molecule has 1 unspecified atom stereocenters. The van der Waals surface area contributed by atoms with Crippen LogP contribution in [0.4, 0.5) is 10.1 Å². The van der Waals surface area contributed by atoms with Gasteiger partial charge in [0.05, 0.1) is 6.54 Å². The number of hydrogen-bond acceptors (Lipinski definition) is 2. The van der Waals surface area contributed by atoms with E-state index in [1.807, 2.05) is 0 Å². The smallest absolute Gasteiger partial charge is 0.238 e. The summed E-state index contributed by atoms with van der Waals surface area (Å²) >= 11 is 0. The molecule has 0 bridgehead atoms. The van der Waals surface area contributed by atoms with Crippen molar-refractivity contribution in [1.29, 1.82) is 0 Å². The van der Waals surface area contributed by atoms with Crippen LogP contribution in [0.3, 0.4) is 0 Å². The van der Waals surface area contributed by atoms with Crippen molar-refractivity contribution in [3.8, 4) is 0 Å². The molecule has 102 valence electrons. The predicted molar refractivity (Wildman–Crippen MR) is 74.4 cm³/mol. The number of halogens is 1. The molecule has 1 aromatic rings. The number of allylic oxidation sites excluding steroid dienone is 2. The molecule has 2 rings (SSSR count). The van der Waals surface area contributed by atoms with Gasteiger partial charge in [-0.3, -0.25) is 4.79 Å². The van der Waals surface area contributed by atoms with Crippen LogP contribution in [0.5, 0.6) is 0 Å². The molecule has 19 heavy (non-hydrogen) atoms. The Morgan fingerprint density at radius 1 is 1.26 bits per heavy atom. The highest BCUT2D eigenvalue weighted by Crippen LogP contribution is 2.16. The zero-order valence-electron chi connectivity index (χ0n) is 10.9. The summed E-state index contributed by atoms with van der Waals surface area (Å²) in [6, 6.07) is 5.77. The van der Waals surface area contributed by atoms with Gasteiger partial charge in [-0.15, -0.1) is 0 Å². The minimum atomic E-state index is -0.304. The first-order valence-electron chi connectivity index (χ1n) is 6.65. The quantitative estimate of drug-likeness (QED) is 0.801. The van der Waals surface area contributed by atoms with E-state index in [0.717, 1.165) is 19.4 Å². The summed E-state index contributed by atoms with van der Waals surface area (Å²) in [5, 5.41) is 5.89. The van der Waals surface area contributed by atoms with Gasteiger partial charge < -0.3 is 10.6 Å². The zero-order valence-corrected chi connectivity index (χ0v) is 10.9. The topological polar surface area (TPSA) is 41.1 Å². The van der Waals surface area contributed by atoms with E-state index < -0.39 is 0 Å². The van der Waals surface area contributed by atoms with Gasteiger partial charge in [0.2, 0.25) is 5.91 Å². The molecule has 0 aliphatic heterocycles. The second kappa shape index (κ2) is 7.04. The van der Waals surface area contributed by atoms with Gasteiger partial charge in [-0.2, -0.15) is 0 Å². The van der Waals surface area contributed by atoms with Crippen LogP contribution >= 0.6 is 0 Å². The van der Waals surface area contributed by atoms with E-state index in [0.29, 0.717) is 11.6 Å². The van der Waals surface area contributed by atoms with Gasteiger partial charge in [0.25, 0.3) is 0 Å². The highest BCUT2D eigenvalue weighted by Gasteiger charge is 2.10. The van der Waals surface area contributed by atoms with Crippen molar-refractivity contribution in [3.05, 3.63) is 42.2 Å². The second-order valence-electron chi connectivity index (χ2n) is 4.84. The summed E-state index contributed by atoms with van der Waals surface area (Å²) < 4.78 is 12.7. The predicted octanol–water partition coefficient (Wildman–Crippen LogP) is 2.71. The van der Waals surface area contributed by atoms with E-state index in [2.05, 4.69) is 22.8 Å². The number of rotatable bonds is 5. The van der Waals surface area contributed by atoms with Gasteiger partial charge in [-0.1, -0.05) is 12.2 Å². The molecule has 1 aliphatic rings. The Labute approximate surface area is 112 Å². The average Bonchev–Trinajstić information content (AvgIpc) is 2.43. The van der Waals surface area contributed by atoms with E-state index in [-0.39, 0.29) is 18.3 Å². The number of carbonyl (C=O) groups is 1. The van der Waals surface area contributed by atoms with Gasteiger partial charge in [-0.05, 0) is 56.0 Å². The van der Waals surface area contributed by atoms with Crippen molar-refractivity contribution in [2.75, 3.05) is 18.4 Å². The Hall–Kier alpha value is -1.68. The molecule has 0 radical (unpaired) electrons. The Bertz CT molecular complexity index is 442. The van der Waals surface area contributed by atoms with Gasteiger partial charge >= 0.3 is 0 Å². The highest BCUT2D eigenvalue weighted by atomic mass is 19.1. The maximum atomic E-state index is 12.7. The first-order chi connectivity index (χ1) is 9.24. The van der Waals surface area contributed by atoms with Crippen molar-refractivity contribution in [1.82, 2.24) is 5.32 Å². The lowest BCUT2D eigenvalue weighted by Gasteiger charge is -2.17. The largest absolute Gasteiger partial charge is 0.325 e. The maximum absolute atomic E-state index is 12.7. The lowest BCUT2D eigenvalue weighted by atomic mass is 9.94. The molecule has 0 saturated heterocycles. The molecular formula is C15H19FN2O. The third-order valence-electron chi connectivity index (χ3n) is 3.22. The fraction of sp³-hybridized carbons (Fsp3) is 0.400. The molecule has 1 aromatic carbocycles. The second-order valence-corrected chi connectivity index (χ2v) is 4.84. The molecule has 0 aromatic heterocycles. The molecule has 0 fully saturated rings. The lowest BCUT2D eigenvalue weighted by molar-refractivity contribution is -0.115. The molecule has 1 atom stereocenters. The summed E-state index contributed by atoms with van der Waals surface area (Å²) in [5.41, 5.74) is 0.619. The van der Waals surface area contributed by atoms with E-state index in [1.165, 1.54) is 18.6 Å². The number of benzene rings is 1. The van der Waals surface area contributed by atoms with Crippen molar-refractivity contribution in [2.45, 2.75) is 19.3 Å². The average molecular weight is 262 g/mol. The molecule has 0 spiro atoms. The van der Waals surface area contributed by atoms with Gasteiger partial charge in [0.15, 0.2) is 0 Å². The summed E-state index contributed by atoms with van der Waals surface area (Å²) in [6.45, 7) is 1.15. The molecule has 0 saturated carbocycles. The molecular weight excluding hydrogens is 243 g/mol. The van der Waals surface area contributed by atoms with Crippen LogP contribution in [-0.4, -0.2) is 19.0 Å². The van der Waals surface area contributed by atoms with Crippen LogP contribution in [0.25, 0.3) is 0 Å². The monoisotopic (exact) mass is 262 g/mol. The number of nitrogens with one attached hydrogen (secondary N) is 2. The Kier molecular flexibility index (Phi) is 5.10. The number of anilines is 1. The van der Waals surface area contributed by atoms with E-state index in [4.69, 9.17) is 0 Å². The minimum Gasteiger partial charge on any atom is -0.325 e. The third-order valence-corrected chi connectivity index (χ3v) is 3.22. The summed E-state index contributed by atoms with van der Waals surface area (Å²) in [4.78, 5) is 11.7. The summed E-state index contributed by atoms with van der Waals surface area (Å²) in [7, 11) is 0. The van der Waals surface area contributed by atoms with Crippen molar-refractivity contribution in [2.24, 2.45) is 5.92 Å². The number of amides is 1. The Balaban J connectivity index is 1.67. The zero-order chi connectivity index (χ0) is 13.5. The standard InChI is InChI=1S/C15H19FN2O/c16-13-6-8-14(9-7-13)18-15(19)11-17-10-12-4-2-1-3-5-12/h1-2,6-9,12,17H,3-5,10-11H2,(H,18,19). The van der Waals surface area contributed by atoms with Crippen molar-refractivity contribution >= 4 is 11.6 Å². The van der Waals surface area contributed by atoms with Crippen LogP contribution < -0.4 is 10.6 Å². The molecule has 4 heteroatoms. The molecule has 3 nitrogen and oxygen atoms in total. The van der Waals surface area contributed by atoms with Crippen LogP contribution in [0, 0.1) is 11.7 Å². The van der Waals surface area contributed by atoms with Crippen molar-refractivity contribution < 1.29 is 9.18 Å². The summed E-state index contributed by atoms with van der Waals surface area (Å²) in [6.07, 6.45) is 7.82. The van der Waals surface area contributed by atoms with Crippen LogP contribution in [0.15, 0.2) is 36.4 Å². The first-order valence-corrected chi connectivity index (χ1v) is 6.65. The minimum absolute atomic E-state index is 0.0991. The third kappa shape index (κ3) is 4.83. The highest BCUT2D eigenvalue weighted by molar-refractivity contribution is 5.92. The fourth-order valence-corrected chi connectivity index (χ4v) is 2.17. The van der Waals surface area contributed by atoms with Crippen LogP contribution in [-0.2, 0) is 4.79 Å². The Morgan fingerprint density at radius 2 is 2.05 bits per heavy atom. The van der Waals surface area contributed by atoms with E-state index in [9.17, 15) is 9.18 Å². The normalized spacial score (nSPS) is 18.3. The lowest BCUT2D eigenvalue weighted by Crippen LogP contribution is -2.32. The van der Waals surface area contributed by atoms with Crippen molar-refractivity contribution in [3.63, 3.8) is 0 Å². The van der Waals surface area contributed by atoms with Gasteiger partial charge in [-0.25, -0.2) is 4.39 Å². The van der Waals surface area contributed by atoms with Gasteiger partial charge in [0, 0.05) is 5.69 Å². The molecule has 1 amide bonds. The van der Waals surface area contributed by atoms with Crippen LogP contribution in [0.1, 0.15) is 19.3 Å². The fourth-order valence-electron chi connectivity index (χ4n) is 2.17.